The lowest BCUT2D eigenvalue weighted by Crippen LogP contribution is -2.28. The van der Waals surface area contributed by atoms with Gasteiger partial charge in [-0.25, -0.2) is 4.79 Å². The van der Waals surface area contributed by atoms with Gasteiger partial charge in [-0.15, -0.1) is 0 Å². The minimum atomic E-state index is -0.664. The third-order valence-electron chi connectivity index (χ3n) is 5.20. The molecule has 3 nitrogen and oxygen atoms in total. The summed E-state index contributed by atoms with van der Waals surface area (Å²) in [6.07, 6.45) is 2.79. The SMILES string of the molecule is Cc1cc(C)cc(C2OC(=O)C(=S)C(O)=C2c2ccccc2CC2CC2)c1. The number of thiocarbonyl (C=S) groups is 1. The maximum absolute atomic E-state index is 12.3. The fourth-order valence-electron chi connectivity index (χ4n) is 3.82. The zero-order valence-electron chi connectivity index (χ0n) is 15.5. The molecular formula is C23H22O3S. The van der Waals surface area contributed by atoms with Gasteiger partial charge in [-0.1, -0.05) is 65.8 Å². The maximum Gasteiger partial charge on any atom is 0.353 e. The molecule has 4 rings (SSSR count). The van der Waals surface area contributed by atoms with E-state index in [9.17, 15) is 9.90 Å². The zero-order valence-corrected chi connectivity index (χ0v) is 16.3. The van der Waals surface area contributed by atoms with Gasteiger partial charge in [0.15, 0.2) is 11.0 Å². The van der Waals surface area contributed by atoms with E-state index in [-0.39, 0.29) is 10.6 Å². The molecule has 2 aromatic rings. The summed E-state index contributed by atoms with van der Waals surface area (Å²) in [6.45, 7) is 4.02. The first kappa shape index (κ1) is 17.9. The van der Waals surface area contributed by atoms with Crippen LogP contribution in [0.15, 0.2) is 48.2 Å². The Morgan fingerprint density at radius 1 is 1.11 bits per heavy atom. The number of cyclic esters (lactones) is 1. The minimum Gasteiger partial charge on any atom is -0.506 e. The molecule has 0 saturated heterocycles. The first-order valence-corrected chi connectivity index (χ1v) is 9.69. The Kier molecular flexibility index (Phi) is 4.60. The van der Waals surface area contributed by atoms with Crippen LogP contribution in [-0.2, 0) is 16.0 Å². The first-order valence-electron chi connectivity index (χ1n) is 9.29. The summed E-state index contributed by atoms with van der Waals surface area (Å²) in [5.74, 6) is -0.0737. The van der Waals surface area contributed by atoms with Gasteiger partial charge in [0, 0.05) is 5.57 Å². The van der Waals surface area contributed by atoms with Gasteiger partial charge in [0.1, 0.15) is 5.76 Å². The number of aliphatic hydroxyl groups is 1. The van der Waals surface area contributed by atoms with Crippen molar-refractivity contribution in [2.75, 3.05) is 0 Å². The number of aliphatic hydroxyl groups excluding tert-OH is 1. The number of carbonyl (C=O) groups is 1. The van der Waals surface area contributed by atoms with E-state index < -0.39 is 12.1 Å². The summed E-state index contributed by atoms with van der Waals surface area (Å²) < 4.78 is 5.71. The molecule has 2 aliphatic rings. The Bertz CT molecular complexity index is 949. The van der Waals surface area contributed by atoms with E-state index in [1.807, 2.05) is 44.2 Å². The van der Waals surface area contributed by atoms with E-state index in [0.717, 1.165) is 34.2 Å². The number of ether oxygens (including phenoxy) is 1. The van der Waals surface area contributed by atoms with Crippen LogP contribution >= 0.6 is 12.2 Å². The van der Waals surface area contributed by atoms with Crippen molar-refractivity contribution in [3.63, 3.8) is 0 Å². The highest BCUT2D eigenvalue weighted by atomic mass is 32.1. The Morgan fingerprint density at radius 3 is 2.44 bits per heavy atom. The van der Waals surface area contributed by atoms with Crippen LogP contribution in [0, 0.1) is 19.8 Å². The van der Waals surface area contributed by atoms with E-state index in [4.69, 9.17) is 17.0 Å². The van der Waals surface area contributed by atoms with Crippen LogP contribution in [0.2, 0.25) is 0 Å². The molecule has 1 aliphatic heterocycles. The highest BCUT2D eigenvalue weighted by molar-refractivity contribution is 7.82. The summed E-state index contributed by atoms with van der Waals surface area (Å²) in [4.78, 5) is 12.1. The third-order valence-corrected chi connectivity index (χ3v) is 5.56. The summed E-state index contributed by atoms with van der Waals surface area (Å²) >= 11 is 5.14. The molecule has 1 aliphatic carbocycles. The van der Waals surface area contributed by atoms with Crippen molar-refractivity contribution in [3.05, 3.63) is 76.0 Å². The van der Waals surface area contributed by atoms with E-state index in [0.29, 0.717) is 11.5 Å². The molecule has 0 radical (unpaired) electrons. The van der Waals surface area contributed by atoms with Gasteiger partial charge >= 0.3 is 5.97 Å². The molecule has 0 amide bonds. The molecule has 1 N–H and O–H groups in total. The molecule has 0 spiro atoms. The van der Waals surface area contributed by atoms with Crippen LogP contribution in [0.1, 0.15) is 46.8 Å². The van der Waals surface area contributed by atoms with Crippen molar-refractivity contribution < 1.29 is 14.6 Å². The molecule has 4 heteroatoms. The van der Waals surface area contributed by atoms with Crippen molar-refractivity contribution in [3.8, 4) is 0 Å². The Balaban J connectivity index is 1.88. The van der Waals surface area contributed by atoms with Gasteiger partial charge in [0.2, 0.25) is 0 Å². The van der Waals surface area contributed by atoms with Crippen molar-refractivity contribution in [1.29, 1.82) is 0 Å². The van der Waals surface area contributed by atoms with Crippen LogP contribution in [0.4, 0.5) is 0 Å². The van der Waals surface area contributed by atoms with E-state index in [2.05, 4.69) is 12.1 Å². The molecular weight excluding hydrogens is 356 g/mol. The quantitative estimate of drug-likeness (QED) is 0.587. The van der Waals surface area contributed by atoms with Gasteiger partial charge in [-0.2, -0.15) is 0 Å². The lowest BCUT2D eigenvalue weighted by molar-refractivity contribution is -0.138. The van der Waals surface area contributed by atoms with Crippen molar-refractivity contribution in [2.45, 2.75) is 39.2 Å². The fraction of sp³-hybridized carbons (Fsp3) is 0.304. The van der Waals surface area contributed by atoms with E-state index in [1.165, 1.54) is 12.8 Å². The number of aryl methyl sites for hydroxylation is 2. The molecule has 1 unspecified atom stereocenters. The average Bonchev–Trinajstić information content (AvgIpc) is 3.43. The molecule has 1 atom stereocenters. The predicted octanol–water partition coefficient (Wildman–Crippen LogP) is 5.19. The van der Waals surface area contributed by atoms with Crippen molar-refractivity contribution in [2.24, 2.45) is 5.92 Å². The molecule has 0 aromatic heterocycles. The zero-order chi connectivity index (χ0) is 19.1. The lowest BCUT2D eigenvalue weighted by Gasteiger charge is -2.28. The van der Waals surface area contributed by atoms with Gasteiger partial charge in [0.05, 0.1) is 0 Å². The normalized spacial score (nSPS) is 20.0. The second-order valence-electron chi connectivity index (χ2n) is 7.60. The van der Waals surface area contributed by atoms with Crippen LogP contribution in [0.3, 0.4) is 0 Å². The predicted molar refractivity (Wildman–Crippen MR) is 110 cm³/mol. The molecule has 1 saturated carbocycles. The summed E-state index contributed by atoms with van der Waals surface area (Å²) in [7, 11) is 0. The summed E-state index contributed by atoms with van der Waals surface area (Å²) in [5, 5.41) is 10.8. The second kappa shape index (κ2) is 6.93. The van der Waals surface area contributed by atoms with Crippen LogP contribution in [0.5, 0.6) is 0 Å². The Morgan fingerprint density at radius 2 is 1.78 bits per heavy atom. The largest absolute Gasteiger partial charge is 0.506 e. The smallest absolute Gasteiger partial charge is 0.353 e. The fourth-order valence-corrected chi connectivity index (χ4v) is 3.98. The summed E-state index contributed by atoms with van der Waals surface area (Å²) in [5.41, 5.74) is 5.70. The Hall–Kier alpha value is -2.46. The molecule has 1 heterocycles. The average molecular weight is 378 g/mol. The van der Waals surface area contributed by atoms with E-state index >= 15 is 0 Å². The molecule has 138 valence electrons. The van der Waals surface area contributed by atoms with Crippen LogP contribution in [0.25, 0.3) is 5.57 Å². The minimum absolute atomic E-state index is 0.131. The van der Waals surface area contributed by atoms with Gasteiger partial charge in [0.25, 0.3) is 0 Å². The number of carbonyl (C=O) groups excluding carboxylic acids is 1. The second-order valence-corrected chi connectivity index (χ2v) is 8.01. The number of rotatable bonds is 4. The van der Waals surface area contributed by atoms with Crippen molar-refractivity contribution >= 4 is 28.6 Å². The topological polar surface area (TPSA) is 46.5 Å². The lowest BCUT2D eigenvalue weighted by atomic mass is 9.86. The van der Waals surface area contributed by atoms with Crippen LogP contribution in [-0.4, -0.2) is 15.9 Å². The molecule has 27 heavy (non-hydrogen) atoms. The number of hydrogen-bond acceptors (Lipinski definition) is 4. The summed E-state index contributed by atoms with van der Waals surface area (Å²) in [6, 6.07) is 14.1. The van der Waals surface area contributed by atoms with Crippen molar-refractivity contribution in [1.82, 2.24) is 0 Å². The molecule has 2 aromatic carbocycles. The molecule has 0 bridgehead atoms. The standard InChI is InChI=1S/C23H22O3S/c1-13-9-14(2)11-17(10-13)21-19(20(24)22(27)23(25)26-21)18-6-4-3-5-16(18)12-15-7-8-15/h3-6,9-11,15,21,24H,7-8,12H2,1-2H3. The van der Waals surface area contributed by atoms with Gasteiger partial charge < -0.3 is 9.84 Å². The van der Waals surface area contributed by atoms with Crippen LogP contribution < -0.4 is 0 Å². The van der Waals surface area contributed by atoms with E-state index in [1.54, 1.807) is 0 Å². The number of benzene rings is 2. The monoisotopic (exact) mass is 378 g/mol. The van der Waals surface area contributed by atoms with Gasteiger partial charge in [-0.3, -0.25) is 0 Å². The van der Waals surface area contributed by atoms with Gasteiger partial charge in [-0.05, 0) is 55.7 Å². The number of hydrogen-bond donors (Lipinski definition) is 1. The Labute approximate surface area is 164 Å². The highest BCUT2D eigenvalue weighted by Gasteiger charge is 2.37. The third kappa shape index (κ3) is 3.54. The highest BCUT2D eigenvalue weighted by Crippen LogP contribution is 2.42. The number of esters is 1. The first-order chi connectivity index (χ1) is 12.9. The molecule has 1 fully saturated rings. The maximum atomic E-state index is 12.3.